The van der Waals surface area contributed by atoms with Crippen LogP contribution >= 0.6 is 11.8 Å². The van der Waals surface area contributed by atoms with Crippen LogP contribution in [0.5, 0.6) is 5.75 Å². The van der Waals surface area contributed by atoms with Gasteiger partial charge in [-0.25, -0.2) is 0 Å². The van der Waals surface area contributed by atoms with Gasteiger partial charge in [-0.3, -0.25) is 4.79 Å². The van der Waals surface area contributed by atoms with Gasteiger partial charge in [0.1, 0.15) is 5.75 Å². The average Bonchev–Trinajstić information content (AvgIpc) is 3.17. The van der Waals surface area contributed by atoms with Gasteiger partial charge in [0, 0.05) is 17.4 Å². The van der Waals surface area contributed by atoms with E-state index in [2.05, 4.69) is 16.9 Å². The minimum atomic E-state index is -0.133. The predicted octanol–water partition coefficient (Wildman–Crippen LogP) is 1.91. The fourth-order valence-electron chi connectivity index (χ4n) is 2.14. The van der Waals surface area contributed by atoms with Crippen molar-refractivity contribution < 1.29 is 9.53 Å². The maximum absolute atomic E-state index is 11.3. The summed E-state index contributed by atoms with van der Waals surface area (Å²) in [6, 6.07) is 3.61. The molecule has 5 nitrogen and oxygen atoms in total. The summed E-state index contributed by atoms with van der Waals surface area (Å²) >= 11 is 1.89. The highest BCUT2D eigenvalue weighted by Gasteiger charge is 2.41. The minimum Gasteiger partial charge on any atom is -0.482 e. The Morgan fingerprint density at radius 1 is 1.53 bits per heavy atom. The number of benzene rings is 1. The zero-order valence-electron chi connectivity index (χ0n) is 10.8. The van der Waals surface area contributed by atoms with Crippen molar-refractivity contribution >= 4 is 34.7 Å². The topological polar surface area (TPSA) is 76.4 Å². The lowest BCUT2D eigenvalue weighted by Gasteiger charge is -2.21. The van der Waals surface area contributed by atoms with Crippen molar-refractivity contribution in [1.82, 2.24) is 0 Å². The van der Waals surface area contributed by atoms with E-state index in [1.165, 1.54) is 12.8 Å². The van der Waals surface area contributed by atoms with Crippen molar-refractivity contribution in [2.24, 2.45) is 0 Å². The predicted molar refractivity (Wildman–Crippen MR) is 78.9 cm³/mol. The fourth-order valence-corrected chi connectivity index (χ4v) is 2.87. The number of anilines is 3. The van der Waals surface area contributed by atoms with E-state index in [9.17, 15) is 4.79 Å². The van der Waals surface area contributed by atoms with E-state index in [0.29, 0.717) is 21.9 Å². The first kappa shape index (κ1) is 12.5. The van der Waals surface area contributed by atoms with Crippen molar-refractivity contribution in [2.75, 3.05) is 35.8 Å². The molecule has 0 bridgehead atoms. The van der Waals surface area contributed by atoms with E-state index >= 15 is 0 Å². The lowest BCUT2D eigenvalue weighted by molar-refractivity contribution is -0.118. The smallest absolute Gasteiger partial charge is 0.262 e. The Kier molecular flexibility index (Phi) is 2.97. The molecule has 1 aromatic carbocycles. The highest BCUT2D eigenvalue weighted by molar-refractivity contribution is 8.00. The molecular weight excluding hydrogens is 262 g/mol. The maximum Gasteiger partial charge on any atom is 0.262 e. The van der Waals surface area contributed by atoms with E-state index in [0.717, 1.165) is 12.2 Å². The zero-order valence-corrected chi connectivity index (χ0v) is 11.6. The summed E-state index contributed by atoms with van der Waals surface area (Å²) in [6.45, 7) is 0.945. The first-order valence-electron chi connectivity index (χ1n) is 6.27. The number of nitrogens with two attached hydrogens (primary N) is 1. The summed E-state index contributed by atoms with van der Waals surface area (Å²) in [6.07, 6.45) is 4.62. The molecule has 0 atom stereocenters. The molecule has 1 heterocycles. The van der Waals surface area contributed by atoms with Crippen LogP contribution in [-0.4, -0.2) is 30.1 Å². The van der Waals surface area contributed by atoms with Crippen LogP contribution in [0.25, 0.3) is 0 Å². The number of thioether (sulfide) groups is 1. The lowest BCUT2D eigenvalue weighted by atomic mass is 10.2. The number of nitrogens with one attached hydrogen (secondary N) is 2. The molecule has 1 aromatic rings. The van der Waals surface area contributed by atoms with Gasteiger partial charge in [-0.2, -0.15) is 11.8 Å². The highest BCUT2D eigenvalue weighted by Crippen LogP contribution is 2.47. The number of carbonyl (C=O) groups excluding carboxylic acids is 1. The number of hydrogen-bond donors (Lipinski definition) is 3. The Labute approximate surface area is 116 Å². The number of rotatable bonds is 4. The number of ether oxygens (including phenoxy) is 1. The Morgan fingerprint density at radius 2 is 2.32 bits per heavy atom. The molecule has 1 aliphatic heterocycles. The number of amides is 1. The first-order chi connectivity index (χ1) is 9.12. The van der Waals surface area contributed by atoms with Gasteiger partial charge in [0.2, 0.25) is 0 Å². The summed E-state index contributed by atoms with van der Waals surface area (Å²) in [5.41, 5.74) is 8.19. The van der Waals surface area contributed by atoms with Crippen LogP contribution in [0.2, 0.25) is 0 Å². The van der Waals surface area contributed by atoms with Crippen LogP contribution < -0.4 is 21.1 Å². The monoisotopic (exact) mass is 279 g/mol. The molecule has 0 spiro atoms. The molecule has 19 heavy (non-hydrogen) atoms. The number of nitrogen functional groups attached to an aromatic ring is 1. The molecule has 1 saturated carbocycles. The third kappa shape index (κ3) is 2.45. The Balaban J connectivity index is 1.78. The van der Waals surface area contributed by atoms with Gasteiger partial charge in [0.15, 0.2) is 6.61 Å². The summed E-state index contributed by atoms with van der Waals surface area (Å²) in [4.78, 5) is 11.3. The molecule has 1 amide bonds. The first-order valence-corrected chi connectivity index (χ1v) is 7.50. The molecule has 102 valence electrons. The van der Waals surface area contributed by atoms with Crippen molar-refractivity contribution in [3.05, 3.63) is 12.1 Å². The van der Waals surface area contributed by atoms with Crippen molar-refractivity contribution in [2.45, 2.75) is 17.6 Å². The van der Waals surface area contributed by atoms with Gasteiger partial charge < -0.3 is 21.1 Å². The standard InChI is InChI=1S/C13H17N3O2S/c1-19-13(2-3-13)7-15-9-5-10-11(4-8(9)14)18-6-12(17)16-10/h4-5,15H,2-3,6-7,14H2,1H3,(H,16,17). The quantitative estimate of drug-likeness (QED) is 0.734. The van der Waals surface area contributed by atoms with Crippen LogP contribution in [0.1, 0.15) is 12.8 Å². The van der Waals surface area contributed by atoms with Gasteiger partial charge in [-0.15, -0.1) is 0 Å². The second-order valence-electron chi connectivity index (χ2n) is 5.01. The van der Waals surface area contributed by atoms with Gasteiger partial charge in [0.25, 0.3) is 5.91 Å². The van der Waals surface area contributed by atoms with Crippen molar-refractivity contribution in [3.63, 3.8) is 0 Å². The highest BCUT2D eigenvalue weighted by atomic mass is 32.2. The van der Waals surface area contributed by atoms with E-state index in [1.54, 1.807) is 6.07 Å². The van der Waals surface area contributed by atoms with Crippen LogP contribution in [0.4, 0.5) is 17.1 Å². The van der Waals surface area contributed by atoms with Gasteiger partial charge in [-0.05, 0) is 25.2 Å². The third-order valence-corrected chi connectivity index (χ3v) is 5.04. The molecule has 0 unspecified atom stereocenters. The van der Waals surface area contributed by atoms with E-state index in [1.807, 2.05) is 17.8 Å². The normalized spacial score (nSPS) is 19.1. The summed E-state index contributed by atoms with van der Waals surface area (Å²) in [5.74, 6) is 0.500. The Morgan fingerprint density at radius 3 is 3.00 bits per heavy atom. The summed E-state index contributed by atoms with van der Waals surface area (Å²) in [7, 11) is 0. The van der Waals surface area contributed by atoms with Crippen LogP contribution in [-0.2, 0) is 4.79 Å². The second kappa shape index (κ2) is 4.52. The van der Waals surface area contributed by atoms with Gasteiger partial charge in [-0.1, -0.05) is 0 Å². The SMILES string of the molecule is CSC1(CNc2cc3c(cc2N)OCC(=O)N3)CC1. The fraction of sp³-hybridized carbons (Fsp3) is 0.462. The molecule has 1 aliphatic carbocycles. The molecule has 3 rings (SSSR count). The van der Waals surface area contributed by atoms with Gasteiger partial charge >= 0.3 is 0 Å². The molecule has 0 saturated heterocycles. The minimum absolute atomic E-state index is 0.0504. The molecule has 4 N–H and O–H groups in total. The Hall–Kier alpha value is -1.56. The van der Waals surface area contributed by atoms with Crippen molar-refractivity contribution in [1.29, 1.82) is 0 Å². The maximum atomic E-state index is 11.3. The van der Waals surface area contributed by atoms with Crippen LogP contribution in [0, 0.1) is 0 Å². The lowest BCUT2D eigenvalue weighted by Crippen LogP contribution is -2.26. The summed E-state index contributed by atoms with van der Waals surface area (Å²) in [5, 5.41) is 6.17. The molecular formula is C13H17N3O2S. The third-order valence-electron chi connectivity index (χ3n) is 3.63. The average molecular weight is 279 g/mol. The molecule has 6 heteroatoms. The zero-order chi connectivity index (χ0) is 13.5. The summed E-state index contributed by atoms with van der Waals surface area (Å²) < 4.78 is 5.69. The van der Waals surface area contributed by atoms with E-state index < -0.39 is 0 Å². The van der Waals surface area contributed by atoms with Crippen LogP contribution in [0.3, 0.4) is 0 Å². The number of fused-ring (bicyclic) bond motifs is 1. The number of carbonyl (C=O) groups is 1. The molecule has 0 aromatic heterocycles. The molecule has 2 aliphatic rings. The second-order valence-corrected chi connectivity index (χ2v) is 6.29. The van der Waals surface area contributed by atoms with Crippen molar-refractivity contribution in [3.8, 4) is 5.75 Å². The Bertz CT molecular complexity index is 529. The largest absolute Gasteiger partial charge is 0.482 e. The van der Waals surface area contributed by atoms with Crippen LogP contribution in [0.15, 0.2) is 12.1 Å². The van der Waals surface area contributed by atoms with Gasteiger partial charge in [0.05, 0.1) is 17.1 Å². The molecule has 1 fully saturated rings. The molecule has 0 radical (unpaired) electrons. The van der Waals surface area contributed by atoms with E-state index in [4.69, 9.17) is 10.5 Å². The van der Waals surface area contributed by atoms with E-state index in [-0.39, 0.29) is 12.5 Å². The number of hydrogen-bond acceptors (Lipinski definition) is 5.